The van der Waals surface area contributed by atoms with Crippen molar-refractivity contribution in [2.24, 2.45) is 11.7 Å². The molecule has 0 heterocycles. The predicted octanol–water partition coefficient (Wildman–Crippen LogP) is 1.55. The first-order chi connectivity index (χ1) is 19.4. The number of carbonyl (C=O) groups excluding carboxylic acids is 3. The van der Waals surface area contributed by atoms with Crippen LogP contribution in [-0.2, 0) is 32.0 Å². The molecule has 4 atom stereocenters. The lowest BCUT2D eigenvalue weighted by Gasteiger charge is -2.26. The number of nitrogens with one attached hydrogen (secondary N) is 3. The summed E-state index contributed by atoms with van der Waals surface area (Å²) in [4.78, 5) is 51.3. The number of carboxylic acid groups (broad SMARTS) is 1. The maximum Gasteiger partial charge on any atom is 0.326 e. The van der Waals surface area contributed by atoms with Crippen LogP contribution < -0.4 is 21.7 Å². The van der Waals surface area contributed by atoms with Crippen LogP contribution in [0.1, 0.15) is 37.8 Å². The molecule has 0 aliphatic carbocycles. The lowest BCUT2D eigenvalue weighted by molar-refractivity contribution is -0.142. The molecule has 2 rings (SSSR count). The summed E-state index contributed by atoms with van der Waals surface area (Å²) in [6.07, 6.45) is 2.51. The second-order valence-electron chi connectivity index (χ2n) is 10.3. The van der Waals surface area contributed by atoms with Gasteiger partial charge in [0.05, 0.1) is 6.04 Å². The number of aliphatic carboxylic acids is 1. The van der Waals surface area contributed by atoms with Crippen molar-refractivity contribution in [3.8, 4) is 11.5 Å². The van der Waals surface area contributed by atoms with E-state index in [0.29, 0.717) is 16.9 Å². The fourth-order valence-corrected chi connectivity index (χ4v) is 4.55. The number of hydrogen-bond donors (Lipinski definition) is 7. The van der Waals surface area contributed by atoms with E-state index in [9.17, 15) is 34.5 Å². The summed E-state index contributed by atoms with van der Waals surface area (Å²) in [5, 5.41) is 36.6. The molecular formula is C29H40N4O7S. The third-order valence-electron chi connectivity index (χ3n) is 6.30. The van der Waals surface area contributed by atoms with Crippen molar-refractivity contribution in [1.82, 2.24) is 16.0 Å². The third-order valence-corrected chi connectivity index (χ3v) is 6.95. The van der Waals surface area contributed by atoms with E-state index in [4.69, 9.17) is 5.73 Å². The molecule has 0 spiro atoms. The molecule has 0 saturated heterocycles. The minimum Gasteiger partial charge on any atom is -0.508 e. The van der Waals surface area contributed by atoms with Gasteiger partial charge < -0.3 is 37.0 Å². The second-order valence-corrected chi connectivity index (χ2v) is 11.3. The number of amides is 3. The number of thioether (sulfide) groups is 1. The molecule has 224 valence electrons. The van der Waals surface area contributed by atoms with Crippen molar-refractivity contribution in [3.63, 3.8) is 0 Å². The van der Waals surface area contributed by atoms with E-state index in [0.717, 1.165) is 0 Å². The maximum absolute atomic E-state index is 13.5. The number of rotatable bonds is 16. The Kier molecular flexibility index (Phi) is 13.4. The molecule has 2 aromatic rings. The fraction of sp³-hybridized carbons (Fsp3) is 0.448. The minimum atomic E-state index is -1.16. The van der Waals surface area contributed by atoms with Crippen molar-refractivity contribution in [2.45, 2.75) is 63.7 Å². The molecule has 0 aromatic heterocycles. The van der Waals surface area contributed by atoms with Crippen LogP contribution >= 0.6 is 11.8 Å². The highest BCUT2D eigenvalue weighted by Crippen LogP contribution is 2.14. The predicted molar refractivity (Wildman–Crippen MR) is 157 cm³/mol. The monoisotopic (exact) mass is 588 g/mol. The quantitative estimate of drug-likeness (QED) is 0.152. The number of phenolic OH excluding ortho intramolecular Hbond substituents is 2. The third kappa shape index (κ3) is 11.7. The lowest BCUT2D eigenvalue weighted by atomic mass is 10.00. The number of carbonyl (C=O) groups is 4. The standard InChI is InChI=1S/C29H40N4O7S/c1-17(2)14-24(27(37)31-23(29(39)40)12-13-41-3)33-28(38)25(16-19-6-10-21(35)11-7-19)32-26(36)22(30)15-18-4-8-20(34)9-5-18/h4-11,17,22-25,34-35H,12-16,30H2,1-3H3,(H,31,37)(H,32,36)(H,33,38)(H,39,40). The van der Waals surface area contributed by atoms with Crippen LogP contribution in [0, 0.1) is 5.92 Å². The van der Waals surface area contributed by atoms with Crippen molar-refractivity contribution in [1.29, 1.82) is 0 Å². The molecule has 41 heavy (non-hydrogen) atoms. The van der Waals surface area contributed by atoms with E-state index >= 15 is 0 Å². The molecule has 12 heteroatoms. The Morgan fingerprint density at radius 2 is 1.22 bits per heavy atom. The van der Waals surface area contributed by atoms with Gasteiger partial charge in [-0.3, -0.25) is 14.4 Å². The van der Waals surface area contributed by atoms with Crippen LogP contribution in [0.3, 0.4) is 0 Å². The average molecular weight is 589 g/mol. The molecule has 2 aromatic carbocycles. The summed E-state index contributed by atoms with van der Waals surface area (Å²) in [7, 11) is 0. The van der Waals surface area contributed by atoms with E-state index in [1.54, 1.807) is 24.3 Å². The zero-order valence-corrected chi connectivity index (χ0v) is 24.3. The highest BCUT2D eigenvalue weighted by molar-refractivity contribution is 7.98. The Labute approximate surface area is 244 Å². The zero-order valence-electron chi connectivity index (χ0n) is 23.5. The van der Waals surface area contributed by atoms with E-state index in [1.165, 1.54) is 36.0 Å². The van der Waals surface area contributed by atoms with Gasteiger partial charge >= 0.3 is 5.97 Å². The normalized spacial score (nSPS) is 14.0. The van der Waals surface area contributed by atoms with Crippen molar-refractivity contribution < 1.29 is 34.5 Å². The fourth-order valence-electron chi connectivity index (χ4n) is 4.08. The molecule has 0 radical (unpaired) electrons. The Morgan fingerprint density at radius 3 is 1.71 bits per heavy atom. The van der Waals surface area contributed by atoms with Gasteiger partial charge in [-0.05, 0) is 72.6 Å². The second kappa shape index (κ2) is 16.5. The van der Waals surface area contributed by atoms with Crippen molar-refractivity contribution in [3.05, 3.63) is 59.7 Å². The highest BCUT2D eigenvalue weighted by Gasteiger charge is 2.31. The van der Waals surface area contributed by atoms with Gasteiger partial charge in [0.25, 0.3) is 0 Å². The van der Waals surface area contributed by atoms with Crippen LogP contribution in [-0.4, -0.2) is 75.2 Å². The first-order valence-corrected chi connectivity index (χ1v) is 14.7. The van der Waals surface area contributed by atoms with Crippen LogP contribution in [0.15, 0.2) is 48.5 Å². The number of phenols is 2. The molecule has 3 amide bonds. The van der Waals surface area contributed by atoms with Gasteiger partial charge in [-0.25, -0.2) is 4.79 Å². The van der Waals surface area contributed by atoms with Crippen LogP contribution in [0.5, 0.6) is 11.5 Å². The Hall–Kier alpha value is -3.77. The molecule has 0 aliphatic rings. The molecule has 4 unspecified atom stereocenters. The summed E-state index contributed by atoms with van der Waals surface area (Å²) in [5.41, 5.74) is 7.48. The molecule has 0 aliphatic heterocycles. The summed E-state index contributed by atoms with van der Waals surface area (Å²) in [6, 6.07) is 8.12. The number of aromatic hydroxyl groups is 2. The van der Waals surface area contributed by atoms with Gasteiger partial charge in [-0.1, -0.05) is 38.1 Å². The summed E-state index contributed by atoms with van der Waals surface area (Å²) >= 11 is 1.46. The topological polar surface area (TPSA) is 191 Å². The molecular weight excluding hydrogens is 548 g/mol. The van der Waals surface area contributed by atoms with Crippen LogP contribution in [0.4, 0.5) is 0 Å². The molecule has 0 fully saturated rings. The van der Waals surface area contributed by atoms with E-state index in [1.807, 2.05) is 20.1 Å². The molecule has 0 bridgehead atoms. The first kappa shape index (κ1) is 33.4. The summed E-state index contributed by atoms with van der Waals surface area (Å²) in [5.74, 6) is -2.38. The smallest absolute Gasteiger partial charge is 0.326 e. The van der Waals surface area contributed by atoms with Gasteiger partial charge in [0, 0.05) is 6.42 Å². The van der Waals surface area contributed by atoms with Crippen LogP contribution in [0.25, 0.3) is 0 Å². The van der Waals surface area contributed by atoms with Gasteiger partial charge in [-0.15, -0.1) is 0 Å². The van der Waals surface area contributed by atoms with Gasteiger partial charge in [-0.2, -0.15) is 11.8 Å². The van der Waals surface area contributed by atoms with Crippen molar-refractivity contribution >= 4 is 35.5 Å². The lowest BCUT2D eigenvalue weighted by Crippen LogP contribution is -2.58. The Morgan fingerprint density at radius 1 is 0.756 bits per heavy atom. The average Bonchev–Trinajstić information content (AvgIpc) is 2.92. The SMILES string of the molecule is CSCCC(NC(=O)C(CC(C)C)NC(=O)C(Cc1ccc(O)cc1)NC(=O)C(N)Cc1ccc(O)cc1)C(=O)O. The molecule has 8 N–H and O–H groups in total. The number of carboxylic acids is 1. The largest absolute Gasteiger partial charge is 0.508 e. The van der Waals surface area contributed by atoms with Gasteiger partial charge in [0.2, 0.25) is 17.7 Å². The minimum absolute atomic E-state index is 0.00982. The van der Waals surface area contributed by atoms with Crippen LogP contribution in [0.2, 0.25) is 0 Å². The van der Waals surface area contributed by atoms with Gasteiger partial charge in [0.15, 0.2) is 0 Å². The number of nitrogens with two attached hydrogens (primary N) is 1. The Bertz CT molecular complexity index is 1160. The molecule has 0 saturated carbocycles. The van der Waals surface area contributed by atoms with E-state index in [2.05, 4.69) is 16.0 Å². The van der Waals surface area contributed by atoms with E-state index in [-0.39, 0.29) is 43.1 Å². The van der Waals surface area contributed by atoms with Crippen molar-refractivity contribution in [2.75, 3.05) is 12.0 Å². The summed E-state index contributed by atoms with van der Waals surface area (Å²) in [6.45, 7) is 3.74. The first-order valence-electron chi connectivity index (χ1n) is 13.3. The number of hydrogen-bond acceptors (Lipinski definition) is 8. The Balaban J connectivity index is 2.22. The van der Waals surface area contributed by atoms with Gasteiger partial charge in [0.1, 0.15) is 29.6 Å². The van der Waals surface area contributed by atoms with E-state index < -0.39 is 47.9 Å². The highest BCUT2D eigenvalue weighted by atomic mass is 32.2. The molecule has 11 nitrogen and oxygen atoms in total. The summed E-state index contributed by atoms with van der Waals surface area (Å²) < 4.78 is 0. The number of benzene rings is 2. The zero-order chi connectivity index (χ0) is 30.5. The maximum atomic E-state index is 13.5.